The van der Waals surface area contributed by atoms with E-state index in [1.165, 1.54) is 0 Å². The highest BCUT2D eigenvalue weighted by atomic mass is 16.3. The van der Waals surface area contributed by atoms with Crippen LogP contribution in [0.4, 0.5) is 22.7 Å². The van der Waals surface area contributed by atoms with E-state index in [-0.39, 0.29) is 68.7 Å². The predicted octanol–water partition coefficient (Wildman–Crippen LogP) is 33.7. The highest BCUT2D eigenvalue weighted by molar-refractivity contribution is 6.21. The lowest BCUT2D eigenvalue weighted by Crippen LogP contribution is -2.36. The third-order valence-corrected chi connectivity index (χ3v) is 26.1. The van der Waals surface area contributed by atoms with Crippen LogP contribution in [-0.4, -0.2) is 0 Å². The molecule has 0 radical (unpaired) electrons. The highest BCUT2D eigenvalue weighted by Gasteiger charge is 2.34. The van der Waals surface area contributed by atoms with Crippen LogP contribution in [0.15, 0.2) is 260 Å². The molecule has 0 saturated heterocycles. The van der Waals surface area contributed by atoms with Gasteiger partial charge in [0.15, 0.2) is 22.8 Å². The van der Waals surface area contributed by atoms with Crippen LogP contribution in [0.3, 0.4) is 0 Å². The standard InChI is InChI=1S/4C32H31N2O/c1-19(2)16-24-18-28(34(7)22(5)21(24)4)29-20(3)17-26(23-12-9-8-10-13-23)30-25-14-11-15-27(33-6)31(25)35-32(29)30;1-19(2)15-24-18-29(34(7)22(5)21(24)4)30-20(3)13-14-26-27-16-25(23-11-9-8-10-12-23)17-28(33-6)31(27)35-32(26)30;1-19(2)17-24-18-28(34(7)22(5)21(24)4)29-20(3)13-14-26-30-25(23-11-9-8-10-12-23)15-16-27(33-6)32(30)35-31(26)29;1-19(2)17-24-18-28(34(7)22(5)21(24)4)29-20(3)13-14-26-27-16-15-25(23-11-9-8-10-12-23)30(33-6)32(27)35-31(26)29/h8-15,17-19H,16H2,1-5,7H3;8-14,16-19H,15H2,1-5,7H3;2*8-16,18-19H,17H2,1-5,7H3/q4*+1/i4D3,16D2,18D;4D3,15D2,18D;2*4D3,17D2,18D. The van der Waals surface area contributed by atoms with E-state index < -0.39 is 76.6 Å². The van der Waals surface area contributed by atoms with E-state index in [9.17, 15) is 5.48 Å². The van der Waals surface area contributed by atoms with Crippen molar-refractivity contribution >= 4 is 111 Å². The summed E-state index contributed by atoms with van der Waals surface area (Å²) in [5.74, 6) is -2.31. The van der Waals surface area contributed by atoms with Crippen LogP contribution < -0.4 is 18.3 Å². The molecule has 12 aromatic carbocycles. The number of rotatable bonds is 16. The predicted molar refractivity (Wildman–Crippen MR) is 579 cm³/mol. The molecule has 0 bridgehead atoms. The Morgan fingerprint density at radius 2 is 0.614 bits per heavy atom. The van der Waals surface area contributed by atoms with Gasteiger partial charge in [-0.15, -0.1) is 0 Å². The van der Waals surface area contributed by atoms with Crippen LogP contribution in [-0.2, 0) is 53.7 Å². The Bertz CT molecular complexity index is 9620. The van der Waals surface area contributed by atoms with E-state index in [2.05, 4.69) is 19.4 Å². The molecule has 0 atom stereocenters. The lowest BCUT2D eigenvalue weighted by molar-refractivity contribution is -0.667. The van der Waals surface area contributed by atoms with Crippen molar-refractivity contribution < 1.29 is 68.8 Å². The molecule has 12 heteroatoms. The molecule has 0 amide bonds. The summed E-state index contributed by atoms with van der Waals surface area (Å²) in [4.78, 5) is 15.0. The molecule has 140 heavy (non-hydrogen) atoms. The molecule has 0 fully saturated rings. The zero-order valence-corrected chi connectivity index (χ0v) is 82.3. The number of pyridine rings is 4. The molecule has 0 spiro atoms. The fraction of sp³-hybridized carbons (Fsp3) is 0.250. The molecule has 12 nitrogen and oxygen atoms in total. The summed E-state index contributed by atoms with van der Waals surface area (Å²) in [6.45, 7) is 48.6. The van der Waals surface area contributed by atoms with Gasteiger partial charge < -0.3 is 17.7 Å². The van der Waals surface area contributed by atoms with E-state index in [0.29, 0.717) is 135 Å². The SMILES string of the molecule is [2H]c1c(C([2H])([2H])C(C)C)c(C([2H])([2H])[2H])c(C)[n+](C)c1-c1c(C)cc(-c2ccccc2)c2c1oc1c([N+]#[C-])cccc12.[2H]c1c(C([2H])([2H])C(C)C)c(C([2H])([2H])[2H])c(C)[n+](C)c1-c1c(C)ccc2c1oc1c([N+]#[C-])c(-c3ccccc3)ccc12.[2H]c1c(C([2H])([2H])C(C)C)c(C([2H])([2H])[2H])c(C)[n+](C)c1-c1c(C)ccc2c1oc1c([N+]#[C-])cc(-c3ccccc3)cc12.[2H]c1c(C([2H])([2H])C(C)C)c(C([2H])([2H])[2H])c(C)[n+](C)c1-c1c(C)ccc2c1oc1c([N+]#[C-])ccc(-c3ccccc3)c12. The number of nitrogens with zero attached hydrogens (tertiary/aromatic N) is 8. The van der Waals surface area contributed by atoms with E-state index in [1.807, 2.05) is 228 Å². The summed E-state index contributed by atoms with van der Waals surface area (Å²) >= 11 is 0. The maximum absolute atomic E-state index is 9.39. The third-order valence-electron chi connectivity index (χ3n) is 26.1. The summed E-state index contributed by atoms with van der Waals surface area (Å²) in [5, 5.41) is 6.12. The molecule has 0 aliphatic heterocycles. The van der Waals surface area contributed by atoms with Gasteiger partial charge in [-0.25, -0.2) is 19.4 Å². The summed E-state index contributed by atoms with van der Waals surface area (Å²) in [7, 11) is 6.81. The van der Waals surface area contributed by atoms with Crippen LogP contribution in [0.25, 0.3) is 197 Å². The maximum Gasteiger partial charge on any atom is 0.237 e. The smallest absolute Gasteiger partial charge is 0.237 e. The Balaban J connectivity index is 0.000000146. The second-order valence-electron chi connectivity index (χ2n) is 36.9. The highest BCUT2D eigenvalue weighted by Crippen LogP contribution is 2.51. The molecule has 0 saturated carbocycles. The van der Waals surface area contributed by atoms with Gasteiger partial charge in [0.2, 0.25) is 45.5 Å². The number of aryl methyl sites for hydroxylation is 4. The van der Waals surface area contributed by atoms with E-state index in [1.54, 1.807) is 148 Å². The van der Waals surface area contributed by atoms with E-state index in [4.69, 9.17) is 71.4 Å². The Labute approximate surface area is 858 Å². The van der Waals surface area contributed by atoms with Gasteiger partial charge in [-0.2, -0.15) is 18.3 Å². The zero-order chi connectivity index (χ0) is 120. The molecule has 20 aromatic rings. The van der Waals surface area contributed by atoms with Gasteiger partial charge in [-0.05, 0) is 211 Å². The Morgan fingerprint density at radius 1 is 0.286 bits per heavy atom. The first-order valence-corrected chi connectivity index (χ1v) is 46.7. The Hall–Kier alpha value is -15.6. The van der Waals surface area contributed by atoms with Crippen LogP contribution in [0, 0.1) is 133 Å². The number of hydrogen-bond donors (Lipinski definition) is 0. The second kappa shape index (κ2) is 39.5. The summed E-state index contributed by atoms with van der Waals surface area (Å²) < 4.78 is 240. The average molecular weight is 1860 g/mol. The van der Waals surface area contributed by atoms with Gasteiger partial charge in [0, 0.05) is 145 Å². The van der Waals surface area contributed by atoms with Crippen LogP contribution in [0.5, 0.6) is 0 Å². The molecule has 0 aliphatic carbocycles. The van der Waals surface area contributed by atoms with Crippen molar-refractivity contribution in [1.29, 1.82) is 0 Å². The maximum atomic E-state index is 9.39. The first-order valence-electron chi connectivity index (χ1n) is 58.7. The van der Waals surface area contributed by atoms with Crippen molar-refractivity contribution in [3.05, 3.63) is 378 Å². The van der Waals surface area contributed by atoms with Gasteiger partial charge in [-0.1, -0.05) is 256 Å². The van der Waals surface area contributed by atoms with Crippen molar-refractivity contribution in [1.82, 2.24) is 0 Å². The van der Waals surface area contributed by atoms with Gasteiger partial charge >= 0.3 is 0 Å². The molecule has 0 unspecified atom stereocenters. The molecule has 8 aromatic heterocycles. The Kier molecular flexibility index (Phi) is 19.8. The van der Waals surface area contributed by atoms with Crippen molar-refractivity contribution in [2.45, 2.75) is 164 Å². The van der Waals surface area contributed by atoms with Crippen LogP contribution >= 0.6 is 0 Å². The quantitative estimate of drug-likeness (QED) is 0.0712. The third kappa shape index (κ3) is 17.7. The summed E-state index contributed by atoms with van der Waals surface area (Å²) in [6.07, 6.45) is -8.32. The number of benzene rings is 12. The van der Waals surface area contributed by atoms with Crippen molar-refractivity contribution in [2.75, 3.05) is 0 Å². The van der Waals surface area contributed by atoms with Gasteiger partial charge in [0.25, 0.3) is 0 Å². The topological polar surface area (TPSA) is 85.5 Å². The molecule has 20 rings (SSSR count). The summed E-state index contributed by atoms with van der Waals surface area (Å²) in [6, 6.07) is 68.7. The second-order valence-corrected chi connectivity index (χ2v) is 36.9. The number of hydrogen-bond acceptors (Lipinski definition) is 4. The van der Waals surface area contributed by atoms with E-state index in [0.717, 1.165) is 110 Å². The van der Waals surface area contributed by atoms with Crippen molar-refractivity contribution in [3.63, 3.8) is 0 Å². The van der Waals surface area contributed by atoms with Gasteiger partial charge in [0.05, 0.1) is 54.0 Å². The largest absolute Gasteiger partial charge is 0.466 e. The number of furan rings is 4. The first-order chi connectivity index (χ1) is 76.8. The molecule has 8 heterocycles. The minimum absolute atomic E-state index is 0.126. The minimum Gasteiger partial charge on any atom is -0.466 e. The number of fused-ring (bicyclic) bond motifs is 12. The monoisotopic (exact) mass is 1860 g/mol. The fourth-order valence-corrected chi connectivity index (χ4v) is 18.7. The minimum atomic E-state index is -2.63. The molecule has 0 aliphatic rings. The number of para-hydroxylation sites is 1. The number of aromatic nitrogens is 4. The first kappa shape index (κ1) is 70.1. The lowest BCUT2D eigenvalue weighted by atomic mass is 9.90. The molecular formula is C128H124N8O4+4. The van der Waals surface area contributed by atoms with Crippen LogP contribution in [0.2, 0.25) is 0 Å². The average Bonchev–Trinajstić information content (AvgIpc) is 1.41. The van der Waals surface area contributed by atoms with Gasteiger partial charge in [0.1, 0.15) is 72.9 Å². The zero-order valence-electron chi connectivity index (χ0n) is 106. The van der Waals surface area contributed by atoms with Gasteiger partial charge in [-0.3, -0.25) is 0 Å². The molecule has 0 N–H and O–H groups in total. The van der Waals surface area contributed by atoms with E-state index >= 15 is 0 Å². The van der Waals surface area contributed by atoms with Crippen LogP contribution in [0.1, 0.15) is 178 Å². The fourth-order valence-electron chi connectivity index (χ4n) is 18.7. The molecule has 696 valence electrons. The van der Waals surface area contributed by atoms with Crippen molar-refractivity contribution in [2.24, 2.45) is 51.9 Å². The normalized spacial score (nSPS) is 14.8. The van der Waals surface area contributed by atoms with Crippen molar-refractivity contribution in [3.8, 4) is 89.5 Å². The molecular weight excluding hydrogens is 1710 g/mol. The Morgan fingerprint density at radius 3 is 1.04 bits per heavy atom. The lowest BCUT2D eigenvalue weighted by Gasteiger charge is -2.15. The summed E-state index contributed by atoms with van der Waals surface area (Å²) in [5.41, 5.74) is 19.6.